The molecular weight excluding hydrogens is 351 g/mol. The molecule has 2 N–H and O–H groups in total. The van der Waals surface area contributed by atoms with E-state index >= 15 is 0 Å². The van der Waals surface area contributed by atoms with Crippen LogP contribution in [0, 0.1) is 15.9 Å². The number of benzene rings is 2. The second-order valence-corrected chi connectivity index (χ2v) is 5.07. The third-order valence-corrected chi connectivity index (χ3v) is 3.15. The Bertz CT molecular complexity index is 827. The highest BCUT2D eigenvalue weighted by Crippen LogP contribution is 2.33. The van der Waals surface area contributed by atoms with Crippen molar-refractivity contribution in [2.45, 2.75) is 0 Å². The van der Waals surface area contributed by atoms with Crippen molar-refractivity contribution in [3.8, 4) is 11.5 Å². The van der Waals surface area contributed by atoms with Crippen LogP contribution in [0.2, 0.25) is 0 Å². The zero-order chi connectivity index (χ0) is 18.4. The van der Waals surface area contributed by atoms with Crippen molar-refractivity contribution >= 4 is 34.9 Å². The van der Waals surface area contributed by atoms with E-state index in [9.17, 15) is 19.6 Å². The Morgan fingerprint density at radius 3 is 2.64 bits per heavy atom. The molecule has 0 heterocycles. The van der Waals surface area contributed by atoms with E-state index in [0.717, 1.165) is 6.07 Å². The van der Waals surface area contributed by atoms with Crippen molar-refractivity contribution < 1.29 is 19.2 Å². The number of nitrogens with one attached hydrogen (secondary N) is 2. The van der Waals surface area contributed by atoms with E-state index in [1.54, 1.807) is 0 Å². The van der Waals surface area contributed by atoms with Crippen LogP contribution in [0.4, 0.5) is 15.8 Å². The number of anilines is 1. The highest BCUT2D eigenvalue weighted by atomic mass is 32.1. The van der Waals surface area contributed by atoms with Gasteiger partial charge >= 0.3 is 0 Å². The zero-order valence-electron chi connectivity index (χ0n) is 12.9. The predicted molar refractivity (Wildman–Crippen MR) is 92.4 cm³/mol. The molecule has 0 unspecified atom stereocenters. The van der Waals surface area contributed by atoms with Gasteiger partial charge in [0.25, 0.3) is 5.69 Å². The minimum Gasteiger partial charge on any atom is -0.865 e. The Kier molecular flexibility index (Phi) is 5.79. The second-order valence-electron chi connectivity index (χ2n) is 4.66. The Morgan fingerprint density at radius 1 is 1.36 bits per heavy atom. The largest absolute Gasteiger partial charge is 0.865 e. The molecule has 2 aromatic rings. The number of hydrazone groups is 1. The Morgan fingerprint density at radius 2 is 2.04 bits per heavy atom. The van der Waals surface area contributed by atoms with Crippen molar-refractivity contribution in [1.82, 2.24) is 5.43 Å². The normalized spacial score (nSPS) is 10.5. The van der Waals surface area contributed by atoms with Gasteiger partial charge in [-0.25, -0.2) is 4.39 Å². The number of halogens is 1. The molecule has 0 amide bonds. The number of thiocarbonyl (C=S) groups is 1. The quantitative estimate of drug-likeness (QED) is 0.362. The minimum atomic E-state index is -0.814. The van der Waals surface area contributed by atoms with E-state index in [4.69, 9.17) is 17.0 Å². The van der Waals surface area contributed by atoms with Gasteiger partial charge in [-0.15, -0.1) is 0 Å². The van der Waals surface area contributed by atoms with Crippen LogP contribution in [-0.4, -0.2) is 23.4 Å². The Hall–Kier alpha value is -3.27. The Labute approximate surface area is 147 Å². The highest BCUT2D eigenvalue weighted by molar-refractivity contribution is 7.80. The van der Waals surface area contributed by atoms with Gasteiger partial charge in [0.15, 0.2) is 5.11 Å². The monoisotopic (exact) mass is 363 g/mol. The van der Waals surface area contributed by atoms with Crippen LogP contribution in [0.25, 0.3) is 0 Å². The lowest BCUT2D eigenvalue weighted by atomic mass is 10.2. The van der Waals surface area contributed by atoms with E-state index in [2.05, 4.69) is 15.8 Å². The van der Waals surface area contributed by atoms with Gasteiger partial charge in [-0.1, -0.05) is 0 Å². The van der Waals surface area contributed by atoms with Gasteiger partial charge in [0.2, 0.25) is 0 Å². The lowest BCUT2D eigenvalue weighted by Gasteiger charge is -2.13. The molecule has 25 heavy (non-hydrogen) atoms. The summed E-state index contributed by atoms with van der Waals surface area (Å²) in [6.07, 6.45) is 1.24. The lowest BCUT2D eigenvalue weighted by Crippen LogP contribution is -2.23. The molecule has 2 aromatic carbocycles. The number of nitro groups is 1. The van der Waals surface area contributed by atoms with Crippen molar-refractivity contribution in [1.29, 1.82) is 0 Å². The van der Waals surface area contributed by atoms with Crippen LogP contribution in [0.5, 0.6) is 11.5 Å². The summed E-state index contributed by atoms with van der Waals surface area (Å²) in [6.45, 7) is 0. The number of methoxy groups -OCH3 is 1. The molecular formula is C15H12FN4O4S-. The summed E-state index contributed by atoms with van der Waals surface area (Å²) in [5.41, 5.74) is 2.72. The van der Waals surface area contributed by atoms with Gasteiger partial charge in [-0.3, -0.25) is 15.5 Å². The van der Waals surface area contributed by atoms with Gasteiger partial charge in [-0.05, 0) is 42.5 Å². The van der Waals surface area contributed by atoms with Gasteiger partial charge in [0.1, 0.15) is 11.6 Å². The van der Waals surface area contributed by atoms with Crippen LogP contribution in [0.3, 0.4) is 0 Å². The first-order valence-electron chi connectivity index (χ1n) is 6.79. The fourth-order valence-electron chi connectivity index (χ4n) is 1.83. The van der Waals surface area contributed by atoms with Crippen LogP contribution in [0.1, 0.15) is 5.56 Å². The molecule has 2 rings (SSSR count). The first-order valence-corrected chi connectivity index (χ1v) is 7.20. The molecule has 0 aliphatic heterocycles. The standard InChI is InChI=1S/C15H13FN4O4S/c1-24-13-7-9(6-12(14(13)21)20(22)23)8-17-19-15(25)18-11-4-2-10(16)3-5-11/h2-8,21H,1H3,(H2,18,19,25)/p-1/b17-8-. The Balaban J connectivity index is 2.06. The molecule has 0 atom stereocenters. The highest BCUT2D eigenvalue weighted by Gasteiger charge is 2.12. The van der Waals surface area contributed by atoms with E-state index in [1.165, 1.54) is 43.7 Å². The van der Waals surface area contributed by atoms with Crippen molar-refractivity contribution in [2.24, 2.45) is 5.10 Å². The molecule has 0 aliphatic rings. The van der Waals surface area contributed by atoms with Crippen LogP contribution < -0.4 is 20.6 Å². The molecule has 0 fully saturated rings. The summed E-state index contributed by atoms with van der Waals surface area (Å²) < 4.78 is 17.6. The minimum absolute atomic E-state index is 0.129. The van der Waals surface area contributed by atoms with Crippen molar-refractivity contribution in [2.75, 3.05) is 12.4 Å². The van der Waals surface area contributed by atoms with Crippen LogP contribution in [-0.2, 0) is 0 Å². The third-order valence-electron chi connectivity index (χ3n) is 2.96. The summed E-state index contributed by atoms with van der Waals surface area (Å²) >= 11 is 5.01. The number of hydrogen-bond donors (Lipinski definition) is 2. The summed E-state index contributed by atoms with van der Waals surface area (Å²) in [5.74, 6) is -1.35. The van der Waals surface area contributed by atoms with Gasteiger partial charge < -0.3 is 15.2 Å². The maximum absolute atomic E-state index is 12.8. The third kappa shape index (κ3) is 4.85. The number of nitro benzene ring substituents is 1. The average Bonchev–Trinajstić information content (AvgIpc) is 2.58. The van der Waals surface area contributed by atoms with E-state index in [-0.39, 0.29) is 22.2 Å². The molecule has 0 spiro atoms. The van der Waals surface area contributed by atoms with Crippen molar-refractivity contribution in [3.63, 3.8) is 0 Å². The second kappa shape index (κ2) is 8.02. The van der Waals surface area contributed by atoms with Gasteiger partial charge in [0.05, 0.1) is 18.2 Å². The maximum Gasteiger partial charge on any atom is 0.266 e. The summed E-state index contributed by atoms with van der Waals surface area (Å²) in [4.78, 5) is 10.1. The zero-order valence-corrected chi connectivity index (χ0v) is 13.7. The number of nitrogens with zero attached hydrogens (tertiary/aromatic N) is 2. The molecule has 0 radical (unpaired) electrons. The SMILES string of the molecule is COc1cc(/C=N\NC(=S)Nc2ccc(F)cc2)cc([N+](=O)[O-])c1[O-]. The number of hydrogen-bond acceptors (Lipinski definition) is 6. The number of rotatable bonds is 5. The lowest BCUT2D eigenvalue weighted by molar-refractivity contribution is -0.398. The summed E-state index contributed by atoms with van der Waals surface area (Å²) in [7, 11) is 1.24. The fourth-order valence-corrected chi connectivity index (χ4v) is 2.00. The molecule has 0 aliphatic carbocycles. The molecule has 10 heteroatoms. The first-order chi connectivity index (χ1) is 11.9. The molecule has 0 bridgehead atoms. The van der Waals surface area contributed by atoms with Crippen LogP contribution >= 0.6 is 12.2 Å². The predicted octanol–water partition coefficient (Wildman–Crippen LogP) is 2.14. The van der Waals surface area contributed by atoms with Crippen LogP contribution in [0.15, 0.2) is 41.5 Å². The first kappa shape index (κ1) is 18.1. The maximum atomic E-state index is 12.8. The van der Waals surface area contributed by atoms with E-state index in [0.29, 0.717) is 5.69 Å². The molecule has 130 valence electrons. The van der Waals surface area contributed by atoms with E-state index in [1.807, 2.05) is 0 Å². The topological polar surface area (TPSA) is 112 Å². The summed E-state index contributed by atoms with van der Waals surface area (Å²) in [5, 5.41) is 29.3. The summed E-state index contributed by atoms with van der Waals surface area (Å²) in [6, 6.07) is 7.92. The molecule has 0 saturated carbocycles. The van der Waals surface area contributed by atoms with E-state index < -0.39 is 16.4 Å². The number of ether oxygens (including phenoxy) is 1. The molecule has 0 aromatic heterocycles. The smallest absolute Gasteiger partial charge is 0.266 e. The van der Waals surface area contributed by atoms with Gasteiger partial charge in [-0.2, -0.15) is 5.10 Å². The average molecular weight is 363 g/mol. The van der Waals surface area contributed by atoms with Crippen molar-refractivity contribution in [3.05, 3.63) is 57.9 Å². The molecule has 0 saturated heterocycles. The molecule has 8 nitrogen and oxygen atoms in total. The fraction of sp³-hybridized carbons (Fsp3) is 0.0667. The van der Waals surface area contributed by atoms with Gasteiger partial charge in [0, 0.05) is 23.1 Å².